The van der Waals surface area contributed by atoms with Crippen LogP contribution in [0.15, 0.2) is 0 Å². The van der Waals surface area contributed by atoms with Gasteiger partial charge in [-0.3, -0.25) is 0 Å². The van der Waals surface area contributed by atoms with E-state index in [4.69, 9.17) is 11.7 Å². The van der Waals surface area contributed by atoms with Crippen LogP contribution < -0.4 is 0 Å². The minimum atomic E-state index is 0.394. The molecule has 0 aromatic heterocycles. The number of hydrogen-bond donors (Lipinski definition) is 0. The Balaban J connectivity index is 2.01. The van der Waals surface area contributed by atoms with Crippen LogP contribution in [-0.2, 0) is 4.74 Å². The smallest absolute Gasteiger partial charge is 0.0600 e. The van der Waals surface area contributed by atoms with Crippen molar-refractivity contribution in [2.45, 2.75) is 18.9 Å². The van der Waals surface area contributed by atoms with Gasteiger partial charge in [0.25, 0.3) is 0 Å². The molecule has 1 fully saturated rings. The molecular weight excluding hydrogens is 76.1 g/mol. The predicted octanol–water partition coefficient (Wildman–Crippen LogP) is 0.876. The average Bonchev–Trinajstić information content (AvgIpc) is 1.31. The summed E-state index contributed by atoms with van der Waals surface area (Å²) >= 11 is 0. The van der Waals surface area contributed by atoms with Gasteiger partial charge in [0.15, 0.2) is 0 Å². The van der Waals surface area contributed by atoms with Crippen LogP contribution >= 0.6 is 0 Å². The molecule has 0 aromatic carbocycles. The van der Waals surface area contributed by atoms with Crippen LogP contribution in [0.5, 0.6) is 0 Å². The van der Waals surface area contributed by atoms with Crippen molar-refractivity contribution in [2.75, 3.05) is 6.61 Å². The molecule has 1 aliphatic rings. The molecule has 6 heavy (non-hydrogen) atoms. The fraction of sp³-hybridized carbons (Fsp3) is 0.800. The van der Waals surface area contributed by atoms with Crippen molar-refractivity contribution < 1.29 is 4.74 Å². The van der Waals surface area contributed by atoms with E-state index in [-0.39, 0.29) is 0 Å². The maximum absolute atomic E-state index is 5.21. The van der Waals surface area contributed by atoms with Gasteiger partial charge in [-0.25, -0.2) is 0 Å². The van der Waals surface area contributed by atoms with E-state index in [1.165, 1.54) is 0 Å². The zero-order valence-electron chi connectivity index (χ0n) is 3.68. The van der Waals surface area contributed by atoms with E-state index in [1.54, 1.807) is 0 Å². The summed E-state index contributed by atoms with van der Waals surface area (Å²) in [6.45, 7) is 6.13. The van der Waals surface area contributed by atoms with E-state index in [1.807, 2.05) is 0 Å². The maximum atomic E-state index is 5.21. The van der Waals surface area contributed by atoms with Crippen molar-refractivity contribution in [3.63, 3.8) is 0 Å². The van der Waals surface area contributed by atoms with Crippen LogP contribution in [0.4, 0.5) is 0 Å². The lowest BCUT2D eigenvalue weighted by Crippen LogP contribution is -2.25. The van der Waals surface area contributed by atoms with E-state index in [0.717, 1.165) is 13.0 Å². The molecule has 0 aromatic rings. The third-order valence-electron chi connectivity index (χ3n) is 1.06. The van der Waals surface area contributed by atoms with Crippen molar-refractivity contribution in [1.29, 1.82) is 0 Å². The lowest BCUT2D eigenvalue weighted by Gasteiger charge is -2.24. The summed E-state index contributed by atoms with van der Waals surface area (Å²) in [6, 6.07) is 0. The van der Waals surface area contributed by atoms with E-state index in [9.17, 15) is 0 Å². The first-order chi connectivity index (χ1) is 2.93. The third kappa shape index (κ3) is 0.548. The predicted molar refractivity (Wildman–Crippen MR) is 23.3 cm³/mol. The first-order valence-corrected chi connectivity index (χ1v) is 2.25. The summed E-state index contributed by atoms with van der Waals surface area (Å²) in [5.41, 5.74) is 0. The maximum Gasteiger partial charge on any atom is 0.0600 e. The highest BCUT2D eigenvalue weighted by Gasteiger charge is 2.14. The topological polar surface area (TPSA) is 9.23 Å². The highest BCUT2D eigenvalue weighted by molar-refractivity contribution is 4.66. The molecule has 1 saturated heterocycles. The van der Waals surface area contributed by atoms with Crippen LogP contribution in [0.25, 0.3) is 0 Å². The molecule has 1 unspecified atom stereocenters. The van der Waals surface area contributed by atoms with Crippen LogP contribution in [0.2, 0.25) is 0 Å². The Kier molecular flexibility index (Phi) is 1.10. The summed E-state index contributed by atoms with van der Waals surface area (Å²) < 4.78 is 4.95. The first kappa shape index (κ1) is 4.13. The molecule has 1 heteroatoms. The second-order valence-corrected chi connectivity index (χ2v) is 1.52. The SMILES string of the molecule is [CH]CC1CCO1. The summed E-state index contributed by atoms with van der Waals surface area (Å²) in [5.74, 6) is 0. The molecule has 34 valence electrons. The minimum Gasteiger partial charge on any atom is -0.378 e. The van der Waals surface area contributed by atoms with Gasteiger partial charge in [0.2, 0.25) is 0 Å². The minimum absolute atomic E-state index is 0.394. The largest absolute Gasteiger partial charge is 0.378 e. The zero-order valence-corrected chi connectivity index (χ0v) is 3.68. The number of ether oxygens (including phenoxy) is 1. The van der Waals surface area contributed by atoms with Gasteiger partial charge >= 0.3 is 0 Å². The summed E-state index contributed by atoms with van der Waals surface area (Å²) in [7, 11) is 0. The Labute approximate surface area is 38.3 Å². The Morgan fingerprint density at radius 2 is 2.50 bits per heavy atom. The average molecular weight is 84.1 g/mol. The second-order valence-electron chi connectivity index (χ2n) is 1.52. The quantitative estimate of drug-likeness (QED) is 0.458. The molecule has 0 aliphatic carbocycles. The second kappa shape index (κ2) is 1.61. The molecule has 0 saturated carbocycles. The molecule has 0 bridgehead atoms. The van der Waals surface area contributed by atoms with Crippen molar-refractivity contribution in [3.8, 4) is 0 Å². The molecule has 1 rings (SSSR count). The summed E-state index contributed by atoms with van der Waals surface area (Å²) in [5, 5.41) is 0. The van der Waals surface area contributed by atoms with Crippen LogP contribution in [0, 0.1) is 6.92 Å². The highest BCUT2D eigenvalue weighted by Crippen LogP contribution is 2.12. The summed E-state index contributed by atoms with van der Waals surface area (Å²) in [4.78, 5) is 0. The standard InChI is InChI=1S/C5H8O/c1-2-5-3-4-6-5/h1,5H,2-4H2. The van der Waals surface area contributed by atoms with Crippen LogP contribution in [-0.4, -0.2) is 12.7 Å². The van der Waals surface area contributed by atoms with Gasteiger partial charge < -0.3 is 4.74 Å². The van der Waals surface area contributed by atoms with E-state index in [0.29, 0.717) is 12.5 Å². The number of hydrogen-bond acceptors (Lipinski definition) is 1. The lowest BCUT2D eigenvalue weighted by molar-refractivity contribution is -0.0480. The van der Waals surface area contributed by atoms with Crippen LogP contribution in [0.1, 0.15) is 12.8 Å². The molecule has 1 atom stereocenters. The normalized spacial score (nSPS) is 32.5. The van der Waals surface area contributed by atoms with Gasteiger partial charge in [0.05, 0.1) is 6.10 Å². The Hall–Kier alpha value is -0.0400. The molecule has 2 radical (unpaired) electrons. The Morgan fingerprint density at radius 1 is 1.83 bits per heavy atom. The fourth-order valence-corrected chi connectivity index (χ4v) is 0.470. The van der Waals surface area contributed by atoms with Gasteiger partial charge in [-0.2, -0.15) is 0 Å². The fourth-order valence-electron chi connectivity index (χ4n) is 0.470. The van der Waals surface area contributed by atoms with Gasteiger partial charge in [0, 0.05) is 6.61 Å². The van der Waals surface area contributed by atoms with Gasteiger partial charge in [-0.1, -0.05) is 0 Å². The first-order valence-electron chi connectivity index (χ1n) is 2.25. The van der Waals surface area contributed by atoms with Crippen molar-refractivity contribution in [1.82, 2.24) is 0 Å². The van der Waals surface area contributed by atoms with E-state index in [2.05, 4.69) is 0 Å². The molecule has 0 spiro atoms. The van der Waals surface area contributed by atoms with E-state index < -0.39 is 0 Å². The van der Waals surface area contributed by atoms with Gasteiger partial charge in [0.1, 0.15) is 0 Å². The van der Waals surface area contributed by atoms with Gasteiger partial charge in [-0.05, 0) is 19.8 Å². The Bertz CT molecular complexity index is 36.4. The van der Waals surface area contributed by atoms with Crippen molar-refractivity contribution >= 4 is 0 Å². The zero-order chi connectivity index (χ0) is 4.41. The molecule has 1 aliphatic heterocycles. The molecular formula is C5H8O. The van der Waals surface area contributed by atoms with Crippen LogP contribution in [0.3, 0.4) is 0 Å². The van der Waals surface area contributed by atoms with Gasteiger partial charge in [-0.15, -0.1) is 0 Å². The summed E-state index contributed by atoms with van der Waals surface area (Å²) in [6.07, 6.45) is 2.25. The highest BCUT2D eigenvalue weighted by atomic mass is 16.5. The van der Waals surface area contributed by atoms with Crippen molar-refractivity contribution in [2.24, 2.45) is 0 Å². The van der Waals surface area contributed by atoms with Crippen molar-refractivity contribution in [3.05, 3.63) is 6.92 Å². The third-order valence-corrected chi connectivity index (χ3v) is 1.06. The monoisotopic (exact) mass is 84.1 g/mol. The molecule has 0 amide bonds. The number of rotatable bonds is 1. The van der Waals surface area contributed by atoms with E-state index >= 15 is 0 Å². The molecule has 1 nitrogen and oxygen atoms in total. The molecule has 0 N–H and O–H groups in total. The Morgan fingerprint density at radius 3 is 2.50 bits per heavy atom. The lowest BCUT2D eigenvalue weighted by atomic mass is 10.1. The molecule has 1 heterocycles.